The van der Waals surface area contributed by atoms with Crippen molar-refractivity contribution in [2.75, 3.05) is 19.8 Å². The van der Waals surface area contributed by atoms with Gasteiger partial charge in [0.05, 0.1) is 13.2 Å². The van der Waals surface area contributed by atoms with Crippen molar-refractivity contribution in [2.45, 2.75) is 38.8 Å². The van der Waals surface area contributed by atoms with Gasteiger partial charge in [-0.05, 0) is 74.5 Å². The Hall–Kier alpha value is -2.68. The lowest BCUT2D eigenvalue weighted by Gasteiger charge is -2.26. The molecule has 1 fully saturated rings. The van der Waals surface area contributed by atoms with Crippen molar-refractivity contribution in [3.8, 4) is 11.4 Å². The fourth-order valence-electron chi connectivity index (χ4n) is 3.82. The van der Waals surface area contributed by atoms with Gasteiger partial charge in [-0.3, -0.25) is 14.3 Å². The number of ether oxygens (including phenoxy) is 1. The molecule has 9 heteroatoms. The van der Waals surface area contributed by atoms with E-state index in [-0.39, 0.29) is 12.5 Å². The van der Waals surface area contributed by atoms with Crippen molar-refractivity contribution in [1.82, 2.24) is 24.6 Å². The average molecular weight is 486 g/mol. The zero-order valence-corrected chi connectivity index (χ0v) is 20.0. The van der Waals surface area contributed by atoms with Gasteiger partial charge in [0.15, 0.2) is 5.82 Å². The molecule has 1 saturated heterocycles. The summed E-state index contributed by atoms with van der Waals surface area (Å²) in [7, 11) is 0. The standard InChI is InChI=1S/C24H28ClN5O2S/c25-19-9-11-21(12-10-19)32-17-22-27-29(24(33)30(22)20-7-3-1-4-8-20)16-13-23(31)26-18-28-14-5-2-6-15-28/h1,3-4,7-12H,2,5-6,13-18H2,(H,26,31). The predicted molar refractivity (Wildman–Crippen MR) is 131 cm³/mol. The molecular weight excluding hydrogens is 458 g/mol. The maximum Gasteiger partial charge on any atom is 0.222 e. The smallest absolute Gasteiger partial charge is 0.222 e. The van der Waals surface area contributed by atoms with Crippen LogP contribution < -0.4 is 10.1 Å². The number of hydrogen-bond donors (Lipinski definition) is 1. The molecule has 4 rings (SSSR count). The Labute approximate surface area is 203 Å². The SMILES string of the molecule is O=C(CCn1nc(COc2ccc(Cl)cc2)n(-c2ccccc2)c1=S)NCN1CCCCC1. The summed E-state index contributed by atoms with van der Waals surface area (Å²) in [4.78, 5) is 14.7. The number of piperidine rings is 1. The third-order valence-corrected chi connectivity index (χ3v) is 6.25. The van der Waals surface area contributed by atoms with E-state index < -0.39 is 0 Å². The largest absolute Gasteiger partial charge is 0.486 e. The number of aromatic nitrogens is 3. The molecule has 1 aliphatic heterocycles. The summed E-state index contributed by atoms with van der Waals surface area (Å²) in [6, 6.07) is 17.0. The van der Waals surface area contributed by atoms with Crippen LogP contribution >= 0.6 is 23.8 Å². The Morgan fingerprint density at radius 2 is 1.79 bits per heavy atom. The number of halogens is 1. The molecule has 0 saturated carbocycles. The number of rotatable bonds is 9. The van der Waals surface area contributed by atoms with Crippen molar-refractivity contribution in [1.29, 1.82) is 0 Å². The highest BCUT2D eigenvalue weighted by atomic mass is 35.5. The summed E-state index contributed by atoms with van der Waals surface area (Å²) in [5.74, 6) is 1.35. The van der Waals surface area contributed by atoms with Gasteiger partial charge >= 0.3 is 0 Å². The number of nitrogens with zero attached hydrogens (tertiary/aromatic N) is 4. The fourth-order valence-corrected chi connectivity index (χ4v) is 4.29. The average Bonchev–Trinajstić information content (AvgIpc) is 3.17. The number of likely N-dealkylation sites (tertiary alicyclic amines) is 1. The summed E-state index contributed by atoms with van der Waals surface area (Å²) in [5, 5.41) is 8.34. The first kappa shape index (κ1) is 23.5. The number of carbonyl (C=O) groups excluding carboxylic acids is 1. The van der Waals surface area contributed by atoms with Gasteiger partial charge in [0.2, 0.25) is 10.7 Å². The normalized spacial score (nSPS) is 14.2. The van der Waals surface area contributed by atoms with E-state index >= 15 is 0 Å². The minimum atomic E-state index is -0.00398. The Bertz CT molecular complexity index is 1110. The summed E-state index contributed by atoms with van der Waals surface area (Å²) in [6.07, 6.45) is 3.98. The van der Waals surface area contributed by atoms with E-state index in [1.807, 2.05) is 47.0 Å². The van der Waals surface area contributed by atoms with Crippen LogP contribution in [0.3, 0.4) is 0 Å². The molecule has 0 bridgehead atoms. The Kier molecular flexibility index (Phi) is 8.15. The van der Waals surface area contributed by atoms with Crippen LogP contribution in [0, 0.1) is 4.77 Å². The van der Waals surface area contributed by atoms with Crippen LogP contribution in [0.1, 0.15) is 31.5 Å². The molecule has 7 nitrogen and oxygen atoms in total. The summed E-state index contributed by atoms with van der Waals surface area (Å²) in [5.41, 5.74) is 0.901. The molecule has 0 aliphatic carbocycles. The van der Waals surface area contributed by atoms with Gasteiger partial charge in [0.25, 0.3) is 0 Å². The van der Waals surface area contributed by atoms with Gasteiger partial charge in [0.1, 0.15) is 12.4 Å². The van der Waals surface area contributed by atoms with Crippen LogP contribution in [0.25, 0.3) is 5.69 Å². The minimum absolute atomic E-state index is 0.00398. The number of para-hydroxylation sites is 1. The Morgan fingerprint density at radius 3 is 2.52 bits per heavy atom. The highest BCUT2D eigenvalue weighted by Crippen LogP contribution is 2.18. The summed E-state index contributed by atoms with van der Waals surface area (Å²) < 4.78 is 10.0. The maximum atomic E-state index is 12.4. The molecule has 3 aromatic rings. The number of aryl methyl sites for hydroxylation is 1. The van der Waals surface area contributed by atoms with Crippen molar-refractivity contribution < 1.29 is 9.53 Å². The third kappa shape index (κ3) is 6.43. The Balaban J connectivity index is 1.44. The quantitative estimate of drug-likeness (QED) is 0.449. The molecule has 174 valence electrons. The Morgan fingerprint density at radius 1 is 1.06 bits per heavy atom. The zero-order chi connectivity index (χ0) is 23.0. The molecule has 0 spiro atoms. The van der Waals surface area contributed by atoms with E-state index in [4.69, 9.17) is 28.6 Å². The predicted octanol–water partition coefficient (Wildman–Crippen LogP) is 4.59. The molecular formula is C24H28ClN5O2S. The zero-order valence-electron chi connectivity index (χ0n) is 18.5. The molecule has 1 N–H and O–H groups in total. The van der Waals surface area contributed by atoms with Gasteiger partial charge < -0.3 is 10.1 Å². The molecule has 2 heterocycles. The first-order valence-electron chi connectivity index (χ1n) is 11.2. The molecule has 2 aromatic carbocycles. The van der Waals surface area contributed by atoms with Crippen LogP contribution in [0.15, 0.2) is 54.6 Å². The first-order chi connectivity index (χ1) is 16.1. The van der Waals surface area contributed by atoms with Crippen LogP contribution in [0.5, 0.6) is 5.75 Å². The van der Waals surface area contributed by atoms with Crippen molar-refractivity contribution >= 4 is 29.7 Å². The van der Waals surface area contributed by atoms with Crippen LogP contribution in [-0.2, 0) is 17.9 Å². The van der Waals surface area contributed by atoms with Gasteiger partial charge in [-0.2, -0.15) is 5.10 Å². The van der Waals surface area contributed by atoms with Crippen LogP contribution in [-0.4, -0.2) is 44.9 Å². The van der Waals surface area contributed by atoms with Gasteiger partial charge in [0, 0.05) is 17.1 Å². The van der Waals surface area contributed by atoms with E-state index in [0.29, 0.717) is 41.0 Å². The second kappa shape index (κ2) is 11.4. The highest BCUT2D eigenvalue weighted by Gasteiger charge is 2.15. The molecule has 1 aliphatic rings. The molecule has 0 atom stereocenters. The summed E-state index contributed by atoms with van der Waals surface area (Å²) in [6.45, 7) is 3.32. The van der Waals surface area contributed by atoms with Crippen molar-refractivity contribution in [3.05, 3.63) is 70.2 Å². The van der Waals surface area contributed by atoms with Gasteiger partial charge in [-0.1, -0.05) is 36.2 Å². The molecule has 33 heavy (non-hydrogen) atoms. The van der Waals surface area contributed by atoms with Crippen molar-refractivity contribution in [3.63, 3.8) is 0 Å². The fraction of sp³-hybridized carbons (Fsp3) is 0.375. The molecule has 1 amide bonds. The van der Waals surface area contributed by atoms with E-state index in [9.17, 15) is 4.79 Å². The van der Waals surface area contributed by atoms with Crippen molar-refractivity contribution in [2.24, 2.45) is 0 Å². The van der Waals surface area contributed by atoms with E-state index in [2.05, 4.69) is 15.3 Å². The monoisotopic (exact) mass is 485 g/mol. The van der Waals surface area contributed by atoms with Crippen LogP contribution in [0.4, 0.5) is 0 Å². The van der Waals surface area contributed by atoms with Gasteiger partial charge in [-0.25, -0.2) is 4.68 Å². The number of amides is 1. The molecule has 1 aromatic heterocycles. The third-order valence-electron chi connectivity index (χ3n) is 5.60. The molecule has 0 radical (unpaired) electrons. The summed E-state index contributed by atoms with van der Waals surface area (Å²) >= 11 is 11.7. The van der Waals surface area contributed by atoms with E-state index in [1.165, 1.54) is 19.3 Å². The maximum absolute atomic E-state index is 12.4. The highest BCUT2D eigenvalue weighted by molar-refractivity contribution is 7.71. The van der Waals surface area contributed by atoms with Gasteiger partial charge in [-0.15, -0.1) is 0 Å². The second-order valence-corrected chi connectivity index (χ2v) is 8.82. The lowest BCUT2D eigenvalue weighted by molar-refractivity contribution is -0.122. The molecule has 0 unspecified atom stereocenters. The number of hydrogen-bond acceptors (Lipinski definition) is 5. The van der Waals surface area contributed by atoms with E-state index in [0.717, 1.165) is 18.8 Å². The minimum Gasteiger partial charge on any atom is -0.486 e. The first-order valence-corrected chi connectivity index (χ1v) is 12.0. The lowest BCUT2D eigenvalue weighted by atomic mass is 10.1. The van der Waals surface area contributed by atoms with E-state index in [1.54, 1.807) is 16.8 Å². The van der Waals surface area contributed by atoms with Crippen LogP contribution in [0.2, 0.25) is 5.02 Å². The second-order valence-electron chi connectivity index (χ2n) is 8.02. The number of carbonyl (C=O) groups is 1. The number of nitrogens with one attached hydrogen (secondary N) is 1. The lowest BCUT2D eigenvalue weighted by Crippen LogP contribution is -2.40. The topological polar surface area (TPSA) is 64.3 Å². The number of benzene rings is 2.